The van der Waals surface area contributed by atoms with Crippen molar-refractivity contribution in [2.75, 3.05) is 30.3 Å². The molecule has 0 bridgehead atoms. The molecular formula is C24H27FN2O3S. The summed E-state index contributed by atoms with van der Waals surface area (Å²) in [5.74, 6) is -0.940. The van der Waals surface area contributed by atoms with Crippen LogP contribution >= 0.6 is 11.8 Å². The molecular weight excluding hydrogens is 415 g/mol. The maximum atomic E-state index is 13.4. The monoisotopic (exact) mass is 442 g/mol. The Labute approximate surface area is 186 Å². The van der Waals surface area contributed by atoms with E-state index in [1.807, 2.05) is 6.92 Å². The highest BCUT2D eigenvalue weighted by molar-refractivity contribution is 8.00. The Balaban J connectivity index is 1.67. The third-order valence-corrected chi connectivity index (χ3v) is 7.42. The second-order valence-corrected chi connectivity index (χ2v) is 9.24. The third kappa shape index (κ3) is 4.62. The van der Waals surface area contributed by atoms with Crippen LogP contribution in [0.15, 0.2) is 36.4 Å². The van der Waals surface area contributed by atoms with Gasteiger partial charge in [-0.25, -0.2) is 9.18 Å². The molecule has 7 heteroatoms. The number of carboxylic acids is 1. The van der Waals surface area contributed by atoms with E-state index in [0.717, 1.165) is 42.0 Å². The number of carbonyl (C=O) groups excluding carboxylic acids is 1. The fourth-order valence-electron chi connectivity index (χ4n) is 4.54. The molecule has 2 heterocycles. The van der Waals surface area contributed by atoms with E-state index in [-0.39, 0.29) is 17.1 Å². The van der Waals surface area contributed by atoms with Gasteiger partial charge in [0.25, 0.3) is 0 Å². The molecule has 2 aromatic rings. The van der Waals surface area contributed by atoms with Crippen molar-refractivity contribution in [3.63, 3.8) is 0 Å². The number of hydrogen-bond donors (Lipinski definition) is 1. The first-order chi connectivity index (χ1) is 15.0. The van der Waals surface area contributed by atoms with Crippen LogP contribution in [0.5, 0.6) is 0 Å². The van der Waals surface area contributed by atoms with E-state index in [9.17, 15) is 19.1 Å². The van der Waals surface area contributed by atoms with Crippen molar-refractivity contribution in [2.24, 2.45) is 0 Å². The predicted octanol–water partition coefficient (Wildman–Crippen LogP) is 4.64. The van der Waals surface area contributed by atoms with Crippen molar-refractivity contribution in [2.45, 2.75) is 38.0 Å². The standard InChI is InChI=1S/C24H27FN2O3S/c1-16-19(11-14-26-12-3-2-4-13-26)20(24(29)30)9-10-21(16)27-22(28)15-31-23(27)17-5-7-18(25)8-6-17/h5-10,23H,2-4,11-15H2,1H3,(H,29,30). The Bertz CT molecular complexity index is 974. The number of likely N-dealkylation sites (tertiary alicyclic amines) is 1. The summed E-state index contributed by atoms with van der Waals surface area (Å²) >= 11 is 1.50. The number of anilines is 1. The summed E-state index contributed by atoms with van der Waals surface area (Å²) in [4.78, 5) is 28.9. The van der Waals surface area contributed by atoms with Gasteiger partial charge in [0.2, 0.25) is 5.91 Å². The molecule has 5 nitrogen and oxygen atoms in total. The van der Waals surface area contributed by atoms with Crippen molar-refractivity contribution in [3.8, 4) is 0 Å². The predicted molar refractivity (Wildman–Crippen MR) is 121 cm³/mol. The lowest BCUT2D eigenvalue weighted by atomic mass is 9.96. The highest BCUT2D eigenvalue weighted by Gasteiger charge is 2.35. The zero-order chi connectivity index (χ0) is 22.0. The lowest BCUT2D eigenvalue weighted by Gasteiger charge is -2.29. The SMILES string of the molecule is Cc1c(N2C(=O)CSC2c2ccc(F)cc2)ccc(C(=O)O)c1CCN1CCCCC1. The zero-order valence-electron chi connectivity index (χ0n) is 17.6. The molecule has 0 spiro atoms. The van der Waals surface area contributed by atoms with Crippen LogP contribution in [0.4, 0.5) is 10.1 Å². The van der Waals surface area contributed by atoms with Gasteiger partial charge in [0.15, 0.2) is 0 Å². The van der Waals surface area contributed by atoms with E-state index < -0.39 is 5.97 Å². The fraction of sp³-hybridized carbons (Fsp3) is 0.417. The maximum absolute atomic E-state index is 13.4. The number of aromatic carboxylic acids is 1. The van der Waals surface area contributed by atoms with E-state index in [1.165, 1.54) is 43.2 Å². The molecule has 4 rings (SSSR count). The maximum Gasteiger partial charge on any atom is 0.335 e. The molecule has 2 aromatic carbocycles. The van der Waals surface area contributed by atoms with Crippen molar-refractivity contribution in [1.29, 1.82) is 0 Å². The number of nitrogens with zero attached hydrogens (tertiary/aromatic N) is 2. The second kappa shape index (κ2) is 9.40. The zero-order valence-corrected chi connectivity index (χ0v) is 18.5. The average molecular weight is 443 g/mol. The minimum atomic E-state index is -0.944. The first-order valence-corrected chi connectivity index (χ1v) is 11.8. The van der Waals surface area contributed by atoms with Gasteiger partial charge >= 0.3 is 5.97 Å². The molecule has 0 aliphatic carbocycles. The second-order valence-electron chi connectivity index (χ2n) is 8.17. The van der Waals surface area contributed by atoms with Crippen LogP contribution in [0.25, 0.3) is 0 Å². The lowest BCUT2D eigenvalue weighted by Crippen LogP contribution is -2.32. The Morgan fingerprint density at radius 1 is 1.13 bits per heavy atom. The van der Waals surface area contributed by atoms with Crippen LogP contribution in [0.2, 0.25) is 0 Å². The van der Waals surface area contributed by atoms with E-state index >= 15 is 0 Å². The third-order valence-electron chi connectivity index (χ3n) is 6.21. The summed E-state index contributed by atoms with van der Waals surface area (Å²) in [6.07, 6.45) is 4.26. The lowest BCUT2D eigenvalue weighted by molar-refractivity contribution is -0.115. The molecule has 31 heavy (non-hydrogen) atoms. The van der Waals surface area contributed by atoms with Gasteiger partial charge in [-0.05, 0) is 80.2 Å². The van der Waals surface area contributed by atoms with Gasteiger partial charge in [-0.2, -0.15) is 0 Å². The topological polar surface area (TPSA) is 60.9 Å². The fourth-order valence-corrected chi connectivity index (χ4v) is 5.71. The van der Waals surface area contributed by atoms with Crippen molar-refractivity contribution in [3.05, 3.63) is 64.5 Å². The Morgan fingerprint density at radius 3 is 2.52 bits per heavy atom. The molecule has 1 amide bonds. The molecule has 0 aromatic heterocycles. The molecule has 1 N–H and O–H groups in total. The molecule has 0 radical (unpaired) electrons. The summed E-state index contributed by atoms with van der Waals surface area (Å²) in [5.41, 5.74) is 3.52. The number of carboxylic acid groups (broad SMARTS) is 1. The summed E-state index contributed by atoms with van der Waals surface area (Å²) in [6, 6.07) is 9.58. The van der Waals surface area contributed by atoms with E-state index in [4.69, 9.17) is 0 Å². The molecule has 0 saturated carbocycles. The van der Waals surface area contributed by atoms with Crippen molar-refractivity contribution in [1.82, 2.24) is 4.90 Å². The highest BCUT2D eigenvalue weighted by Crippen LogP contribution is 2.43. The van der Waals surface area contributed by atoms with E-state index in [2.05, 4.69) is 4.90 Å². The molecule has 1 atom stereocenters. The highest BCUT2D eigenvalue weighted by atomic mass is 32.2. The molecule has 2 fully saturated rings. The molecule has 2 aliphatic rings. The van der Waals surface area contributed by atoms with Crippen LogP contribution in [-0.2, 0) is 11.2 Å². The smallest absolute Gasteiger partial charge is 0.335 e. The van der Waals surface area contributed by atoms with Gasteiger partial charge < -0.3 is 10.0 Å². The Morgan fingerprint density at radius 2 is 1.84 bits per heavy atom. The van der Waals surface area contributed by atoms with Gasteiger partial charge in [-0.3, -0.25) is 9.69 Å². The van der Waals surface area contributed by atoms with Gasteiger partial charge in [-0.1, -0.05) is 18.6 Å². The van der Waals surface area contributed by atoms with Crippen molar-refractivity contribution >= 4 is 29.3 Å². The summed E-state index contributed by atoms with van der Waals surface area (Å²) in [5, 5.41) is 9.51. The number of halogens is 1. The molecule has 1 unspecified atom stereocenters. The number of carbonyl (C=O) groups is 2. The number of hydrogen-bond acceptors (Lipinski definition) is 4. The van der Waals surface area contributed by atoms with Crippen molar-refractivity contribution < 1.29 is 19.1 Å². The summed E-state index contributed by atoms with van der Waals surface area (Å²) < 4.78 is 13.4. The van der Waals surface area contributed by atoms with Crippen LogP contribution in [0.1, 0.15) is 51.7 Å². The number of piperidine rings is 1. The van der Waals surface area contributed by atoms with E-state index in [1.54, 1.807) is 29.2 Å². The quantitative estimate of drug-likeness (QED) is 0.706. The average Bonchev–Trinajstić information content (AvgIpc) is 3.15. The number of benzene rings is 2. The normalized spacial score (nSPS) is 19.7. The molecule has 2 aliphatic heterocycles. The van der Waals surface area contributed by atoms with Crippen LogP contribution < -0.4 is 4.90 Å². The molecule has 164 valence electrons. The van der Waals surface area contributed by atoms with Gasteiger partial charge in [0.1, 0.15) is 11.2 Å². The largest absolute Gasteiger partial charge is 0.478 e. The first-order valence-electron chi connectivity index (χ1n) is 10.7. The Hall–Kier alpha value is -2.38. The van der Waals surface area contributed by atoms with E-state index in [0.29, 0.717) is 17.7 Å². The summed E-state index contributed by atoms with van der Waals surface area (Å²) in [6.45, 7) is 4.82. The van der Waals surface area contributed by atoms with Gasteiger partial charge in [-0.15, -0.1) is 11.8 Å². The first kappa shape index (κ1) is 21.8. The van der Waals surface area contributed by atoms with Gasteiger partial charge in [0.05, 0.1) is 11.3 Å². The summed E-state index contributed by atoms with van der Waals surface area (Å²) in [7, 11) is 0. The minimum Gasteiger partial charge on any atom is -0.478 e. The molecule has 2 saturated heterocycles. The number of rotatable bonds is 6. The number of amides is 1. The van der Waals surface area contributed by atoms with Crippen LogP contribution in [0.3, 0.4) is 0 Å². The number of thioether (sulfide) groups is 1. The minimum absolute atomic E-state index is 0.0209. The Kier molecular flexibility index (Phi) is 6.62. The van der Waals surface area contributed by atoms with Gasteiger partial charge in [0, 0.05) is 12.2 Å². The van der Waals surface area contributed by atoms with Crippen LogP contribution in [-0.4, -0.2) is 47.3 Å². The van der Waals surface area contributed by atoms with Crippen LogP contribution in [0, 0.1) is 12.7 Å².